The van der Waals surface area contributed by atoms with Crippen LogP contribution in [0, 0.1) is 10.1 Å². The number of non-ortho nitro benzene ring substituents is 1. The largest absolute Gasteiger partial charge is 0.365 e. The molecule has 7 heteroatoms. The molecule has 21 heavy (non-hydrogen) atoms. The molecule has 0 heterocycles. The number of oxime groups is 1. The van der Waals surface area contributed by atoms with Gasteiger partial charge in [0, 0.05) is 22.2 Å². The fourth-order valence-corrected chi connectivity index (χ4v) is 1.90. The van der Waals surface area contributed by atoms with Crippen LogP contribution >= 0.6 is 15.9 Å². The number of rotatable bonds is 4. The molecule has 0 fully saturated rings. The Bertz CT molecular complexity index is 716. The van der Waals surface area contributed by atoms with Gasteiger partial charge < -0.3 is 4.84 Å². The second kappa shape index (κ2) is 6.76. The van der Waals surface area contributed by atoms with Crippen molar-refractivity contribution in [3.63, 3.8) is 0 Å². The maximum absolute atomic E-state index is 11.7. The van der Waals surface area contributed by atoms with E-state index in [4.69, 9.17) is 4.84 Å². The first-order valence-electron chi connectivity index (χ1n) is 5.81. The van der Waals surface area contributed by atoms with Crippen molar-refractivity contribution in [2.75, 3.05) is 0 Å². The van der Waals surface area contributed by atoms with Crippen LogP contribution in [0.2, 0.25) is 0 Å². The Kier molecular flexibility index (Phi) is 4.78. The highest BCUT2D eigenvalue weighted by molar-refractivity contribution is 9.10. The first-order chi connectivity index (χ1) is 10.1. The first-order valence-corrected chi connectivity index (χ1v) is 6.61. The number of hydrogen-bond donors (Lipinski definition) is 0. The Morgan fingerprint density at radius 2 is 2.00 bits per heavy atom. The van der Waals surface area contributed by atoms with Gasteiger partial charge >= 0.3 is 5.97 Å². The lowest BCUT2D eigenvalue weighted by atomic mass is 10.2. The molecule has 0 saturated heterocycles. The van der Waals surface area contributed by atoms with Crippen molar-refractivity contribution < 1.29 is 14.6 Å². The summed E-state index contributed by atoms with van der Waals surface area (Å²) in [6.07, 6.45) is 1.37. The lowest BCUT2D eigenvalue weighted by Gasteiger charge is -1.99. The third-order valence-corrected chi connectivity index (χ3v) is 3.25. The summed E-state index contributed by atoms with van der Waals surface area (Å²) in [7, 11) is 0. The highest BCUT2D eigenvalue weighted by atomic mass is 79.9. The van der Waals surface area contributed by atoms with E-state index in [1.54, 1.807) is 6.07 Å². The van der Waals surface area contributed by atoms with Gasteiger partial charge in [-0.05, 0) is 12.1 Å². The molecule has 6 nitrogen and oxygen atoms in total. The molecule has 0 radical (unpaired) electrons. The summed E-state index contributed by atoms with van der Waals surface area (Å²) in [6, 6.07) is 12.5. The monoisotopic (exact) mass is 348 g/mol. The van der Waals surface area contributed by atoms with Gasteiger partial charge in [0.2, 0.25) is 0 Å². The minimum Gasteiger partial charge on any atom is -0.313 e. The van der Waals surface area contributed by atoms with Crippen molar-refractivity contribution in [1.29, 1.82) is 0 Å². The smallest absolute Gasteiger partial charge is 0.313 e. The van der Waals surface area contributed by atoms with Crippen LogP contribution in [0.3, 0.4) is 0 Å². The second-order valence-corrected chi connectivity index (χ2v) is 4.80. The van der Waals surface area contributed by atoms with Crippen molar-refractivity contribution in [1.82, 2.24) is 0 Å². The summed E-state index contributed by atoms with van der Waals surface area (Å²) in [5.74, 6) is -0.762. The van der Waals surface area contributed by atoms with Gasteiger partial charge in [0.1, 0.15) is 0 Å². The average Bonchev–Trinajstić information content (AvgIpc) is 2.49. The number of nitro benzene ring substituents is 1. The number of nitro groups is 1. The van der Waals surface area contributed by atoms with Crippen LogP contribution in [0.25, 0.3) is 0 Å². The van der Waals surface area contributed by atoms with Gasteiger partial charge in [-0.15, -0.1) is 0 Å². The van der Waals surface area contributed by atoms with Gasteiger partial charge in [-0.2, -0.15) is 0 Å². The summed E-state index contributed by atoms with van der Waals surface area (Å²) in [5, 5.41) is 14.2. The lowest BCUT2D eigenvalue weighted by Crippen LogP contribution is -2.02. The molecule has 2 aromatic carbocycles. The van der Waals surface area contributed by atoms with Crippen LogP contribution in [0.1, 0.15) is 15.9 Å². The molecule has 0 aliphatic rings. The minimum absolute atomic E-state index is 0.0634. The molecule has 0 amide bonds. The standard InChI is InChI=1S/C14H9BrN2O4/c15-13-7-2-1-4-11(13)9-16-21-14(18)10-5-3-6-12(8-10)17(19)20/h1-9H. The van der Waals surface area contributed by atoms with Gasteiger partial charge in [-0.1, -0.05) is 45.4 Å². The summed E-state index contributed by atoms with van der Waals surface area (Å²) < 4.78 is 0.806. The van der Waals surface area contributed by atoms with E-state index >= 15 is 0 Å². The second-order valence-electron chi connectivity index (χ2n) is 3.94. The Balaban J connectivity index is 2.07. The van der Waals surface area contributed by atoms with Crippen molar-refractivity contribution in [2.24, 2.45) is 5.16 Å². The fraction of sp³-hybridized carbons (Fsp3) is 0. The molecule has 0 atom stereocenters. The van der Waals surface area contributed by atoms with Gasteiger partial charge in [-0.3, -0.25) is 10.1 Å². The number of benzene rings is 2. The molecule has 0 N–H and O–H groups in total. The predicted molar refractivity (Wildman–Crippen MR) is 80.2 cm³/mol. The average molecular weight is 349 g/mol. The van der Waals surface area contributed by atoms with Crippen LogP contribution in [0.4, 0.5) is 5.69 Å². The number of nitrogens with zero attached hydrogens (tertiary/aromatic N) is 2. The Labute approximate surface area is 128 Å². The number of carbonyl (C=O) groups is 1. The topological polar surface area (TPSA) is 81.8 Å². The first kappa shape index (κ1) is 14.9. The van der Waals surface area contributed by atoms with E-state index in [2.05, 4.69) is 21.1 Å². The van der Waals surface area contributed by atoms with E-state index in [-0.39, 0.29) is 11.3 Å². The van der Waals surface area contributed by atoms with Gasteiger partial charge in [0.25, 0.3) is 5.69 Å². The van der Waals surface area contributed by atoms with Gasteiger partial charge in [0.05, 0.1) is 16.7 Å². The molecule has 106 valence electrons. The quantitative estimate of drug-likeness (QED) is 0.366. The normalized spacial score (nSPS) is 10.5. The molecule has 0 aliphatic carbocycles. The van der Waals surface area contributed by atoms with Gasteiger partial charge in [0.15, 0.2) is 0 Å². The lowest BCUT2D eigenvalue weighted by molar-refractivity contribution is -0.384. The molecule has 0 bridgehead atoms. The van der Waals surface area contributed by atoms with E-state index in [9.17, 15) is 14.9 Å². The molecular weight excluding hydrogens is 340 g/mol. The third kappa shape index (κ3) is 3.96. The SMILES string of the molecule is O=C(ON=Cc1ccccc1Br)c1cccc([N+](=O)[O-])c1. The highest BCUT2D eigenvalue weighted by Crippen LogP contribution is 2.15. The van der Waals surface area contributed by atoms with E-state index < -0.39 is 10.9 Å². The Morgan fingerprint density at radius 1 is 1.24 bits per heavy atom. The molecular formula is C14H9BrN2O4. The number of halogens is 1. The van der Waals surface area contributed by atoms with Crippen molar-refractivity contribution in [3.05, 3.63) is 74.2 Å². The van der Waals surface area contributed by atoms with E-state index in [1.807, 2.05) is 18.2 Å². The number of hydrogen-bond acceptors (Lipinski definition) is 5. The zero-order valence-electron chi connectivity index (χ0n) is 10.6. The third-order valence-electron chi connectivity index (χ3n) is 2.53. The van der Waals surface area contributed by atoms with Crippen LogP contribution < -0.4 is 0 Å². The Morgan fingerprint density at radius 3 is 2.71 bits per heavy atom. The van der Waals surface area contributed by atoms with Crippen molar-refractivity contribution >= 4 is 33.8 Å². The van der Waals surface area contributed by atoms with E-state index in [0.717, 1.165) is 16.1 Å². The molecule has 0 aromatic heterocycles. The predicted octanol–water partition coefficient (Wildman–Crippen LogP) is 3.55. The van der Waals surface area contributed by atoms with E-state index in [0.29, 0.717) is 0 Å². The van der Waals surface area contributed by atoms with Crippen LogP contribution in [-0.2, 0) is 4.84 Å². The molecule has 0 spiro atoms. The van der Waals surface area contributed by atoms with Gasteiger partial charge in [-0.25, -0.2) is 4.79 Å². The van der Waals surface area contributed by atoms with E-state index in [1.165, 1.54) is 24.4 Å². The summed E-state index contributed by atoms with van der Waals surface area (Å²) >= 11 is 3.33. The molecule has 0 unspecified atom stereocenters. The maximum Gasteiger partial charge on any atom is 0.365 e. The number of carbonyl (C=O) groups excluding carboxylic acids is 1. The molecule has 2 rings (SSSR count). The summed E-state index contributed by atoms with van der Waals surface area (Å²) in [4.78, 5) is 26.5. The van der Waals surface area contributed by atoms with Crippen LogP contribution in [-0.4, -0.2) is 17.1 Å². The maximum atomic E-state index is 11.7. The molecule has 0 aliphatic heterocycles. The molecule has 2 aromatic rings. The summed E-state index contributed by atoms with van der Waals surface area (Å²) in [6.45, 7) is 0. The molecule has 0 saturated carbocycles. The van der Waals surface area contributed by atoms with Crippen LogP contribution in [0.5, 0.6) is 0 Å². The highest BCUT2D eigenvalue weighted by Gasteiger charge is 2.12. The van der Waals surface area contributed by atoms with Crippen molar-refractivity contribution in [2.45, 2.75) is 0 Å². The zero-order chi connectivity index (χ0) is 15.2. The Hall–Kier alpha value is -2.54. The zero-order valence-corrected chi connectivity index (χ0v) is 12.2. The fourth-order valence-electron chi connectivity index (χ4n) is 1.51. The van der Waals surface area contributed by atoms with Crippen LogP contribution in [0.15, 0.2) is 58.2 Å². The summed E-state index contributed by atoms with van der Waals surface area (Å²) in [5.41, 5.74) is 0.622. The van der Waals surface area contributed by atoms with Crippen molar-refractivity contribution in [3.8, 4) is 0 Å². The minimum atomic E-state index is -0.762.